The number of halogens is 1. The molecular formula is C21H27FN2O3S. The Morgan fingerprint density at radius 2 is 1.79 bits per heavy atom. The Kier molecular flexibility index (Phi) is 7.71. The number of sulfonamides is 1. The average molecular weight is 407 g/mol. The number of hydrogen-bond acceptors (Lipinski definition) is 3. The summed E-state index contributed by atoms with van der Waals surface area (Å²) in [6.07, 6.45) is 2.21. The highest BCUT2D eigenvalue weighted by molar-refractivity contribution is 7.89. The molecule has 7 heteroatoms. The third kappa shape index (κ3) is 6.14. The molecule has 0 aliphatic heterocycles. The molecule has 0 bridgehead atoms. The molecule has 0 aromatic heterocycles. The van der Waals surface area contributed by atoms with Gasteiger partial charge < -0.3 is 5.32 Å². The summed E-state index contributed by atoms with van der Waals surface area (Å²) in [5, 5.41) is 2.85. The van der Waals surface area contributed by atoms with Crippen LogP contribution in [0.15, 0.2) is 53.4 Å². The molecule has 1 amide bonds. The molecule has 2 rings (SSSR count). The van der Waals surface area contributed by atoms with Gasteiger partial charge in [0, 0.05) is 12.1 Å². The second kappa shape index (κ2) is 9.80. The van der Waals surface area contributed by atoms with Crippen LogP contribution >= 0.6 is 0 Å². The first-order valence-electron chi connectivity index (χ1n) is 9.39. The van der Waals surface area contributed by atoms with Crippen molar-refractivity contribution in [3.05, 3.63) is 65.5 Å². The molecule has 0 spiro atoms. The van der Waals surface area contributed by atoms with E-state index in [2.05, 4.69) is 10.0 Å². The van der Waals surface area contributed by atoms with E-state index in [-0.39, 0.29) is 22.5 Å². The molecule has 0 fully saturated rings. The molecule has 2 aromatic carbocycles. The molecule has 0 saturated heterocycles. The number of rotatable bonds is 9. The van der Waals surface area contributed by atoms with Gasteiger partial charge in [0.15, 0.2) is 0 Å². The summed E-state index contributed by atoms with van der Waals surface area (Å²) in [7, 11) is -3.82. The summed E-state index contributed by atoms with van der Waals surface area (Å²) in [5.74, 6) is -1.37. The second-order valence-corrected chi connectivity index (χ2v) is 8.78. The van der Waals surface area contributed by atoms with Gasteiger partial charge in [-0.25, -0.2) is 17.5 Å². The third-order valence-corrected chi connectivity index (χ3v) is 5.84. The Morgan fingerprint density at radius 1 is 1.11 bits per heavy atom. The zero-order chi connectivity index (χ0) is 20.7. The Bertz CT molecular complexity index is 899. The summed E-state index contributed by atoms with van der Waals surface area (Å²) in [5.41, 5.74) is 0.792. The number of nitrogens with one attached hydrogen (secondary N) is 2. The molecule has 1 unspecified atom stereocenters. The fourth-order valence-electron chi connectivity index (χ4n) is 2.96. The maximum Gasteiger partial charge on any atom is 0.254 e. The number of hydrogen-bond donors (Lipinski definition) is 2. The van der Waals surface area contributed by atoms with E-state index >= 15 is 0 Å². The predicted molar refractivity (Wildman–Crippen MR) is 108 cm³/mol. The Hall–Kier alpha value is -2.25. The molecule has 0 radical (unpaired) electrons. The van der Waals surface area contributed by atoms with Crippen molar-refractivity contribution in [3.8, 4) is 0 Å². The van der Waals surface area contributed by atoms with Crippen LogP contribution in [-0.4, -0.2) is 26.4 Å². The highest BCUT2D eigenvalue weighted by Crippen LogP contribution is 2.17. The molecule has 5 nitrogen and oxygen atoms in total. The van der Waals surface area contributed by atoms with E-state index in [1.54, 1.807) is 13.8 Å². The van der Waals surface area contributed by atoms with Crippen molar-refractivity contribution in [2.75, 3.05) is 0 Å². The van der Waals surface area contributed by atoms with E-state index in [1.165, 1.54) is 0 Å². The van der Waals surface area contributed by atoms with E-state index in [0.717, 1.165) is 36.6 Å². The van der Waals surface area contributed by atoms with Crippen molar-refractivity contribution in [1.82, 2.24) is 10.0 Å². The molecule has 152 valence electrons. The number of amides is 1. The second-order valence-electron chi connectivity index (χ2n) is 7.07. The van der Waals surface area contributed by atoms with E-state index in [4.69, 9.17) is 0 Å². The number of carbonyl (C=O) groups excluding carboxylic acids is 1. The van der Waals surface area contributed by atoms with Gasteiger partial charge in [-0.2, -0.15) is 0 Å². The molecule has 0 aliphatic rings. The van der Waals surface area contributed by atoms with Crippen molar-refractivity contribution in [1.29, 1.82) is 0 Å². The predicted octanol–water partition coefficient (Wildman–Crippen LogP) is 3.65. The van der Waals surface area contributed by atoms with Gasteiger partial charge in [-0.3, -0.25) is 4.79 Å². The summed E-state index contributed by atoms with van der Waals surface area (Å²) in [6, 6.07) is 12.5. The van der Waals surface area contributed by atoms with Gasteiger partial charge in [-0.1, -0.05) is 43.7 Å². The fraction of sp³-hybridized carbons (Fsp3) is 0.381. The van der Waals surface area contributed by atoms with Crippen LogP contribution < -0.4 is 10.0 Å². The average Bonchev–Trinajstić information content (AvgIpc) is 2.61. The first-order chi connectivity index (χ1) is 13.2. The van der Waals surface area contributed by atoms with E-state index < -0.39 is 21.7 Å². The molecule has 0 heterocycles. The zero-order valence-electron chi connectivity index (χ0n) is 16.4. The van der Waals surface area contributed by atoms with Crippen LogP contribution in [0, 0.1) is 5.82 Å². The maximum absolute atomic E-state index is 14.3. The molecule has 28 heavy (non-hydrogen) atoms. The van der Waals surface area contributed by atoms with Crippen molar-refractivity contribution in [2.24, 2.45) is 0 Å². The van der Waals surface area contributed by atoms with E-state index in [9.17, 15) is 17.6 Å². The molecular weight excluding hydrogens is 379 g/mol. The standard InChI is InChI=1S/C21H27FN2O3S/c1-4-8-17(13-16-9-6-5-7-10-16)23-21(25)19-14-18(11-12-20(19)22)28(26,27)24-15(2)3/h5-7,9-12,14-15,17,24H,4,8,13H2,1-3H3,(H,23,25). The third-order valence-electron chi connectivity index (χ3n) is 4.18. The minimum absolute atomic E-state index is 0.136. The van der Waals surface area contributed by atoms with Gasteiger partial charge in [0.05, 0.1) is 10.5 Å². The van der Waals surface area contributed by atoms with Crippen LogP contribution in [0.1, 0.15) is 49.5 Å². The van der Waals surface area contributed by atoms with Crippen molar-refractivity contribution >= 4 is 15.9 Å². The lowest BCUT2D eigenvalue weighted by Crippen LogP contribution is -2.37. The summed E-state index contributed by atoms with van der Waals surface area (Å²) in [4.78, 5) is 12.5. The van der Waals surface area contributed by atoms with Gasteiger partial charge in [-0.15, -0.1) is 0 Å². The Balaban J connectivity index is 2.23. The number of benzene rings is 2. The minimum Gasteiger partial charge on any atom is -0.349 e. The highest BCUT2D eigenvalue weighted by atomic mass is 32.2. The van der Waals surface area contributed by atoms with Crippen LogP contribution in [0.25, 0.3) is 0 Å². The van der Waals surface area contributed by atoms with E-state index in [1.807, 2.05) is 37.3 Å². The quantitative estimate of drug-likeness (QED) is 0.667. The smallest absolute Gasteiger partial charge is 0.254 e. The fourth-order valence-corrected chi connectivity index (χ4v) is 4.24. The van der Waals surface area contributed by atoms with Crippen LogP contribution in [0.2, 0.25) is 0 Å². The lowest BCUT2D eigenvalue weighted by molar-refractivity contribution is 0.0930. The van der Waals surface area contributed by atoms with Gasteiger partial charge in [0.1, 0.15) is 5.82 Å². The monoisotopic (exact) mass is 406 g/mol. The first kappa shape index (κ1) is 22.0. The lowest BCUT2D eigenvalue weighted by atomic mass is 10.0. The Labute approximate surface area is 166 Å². The Morgan fingerprint density at radius 3 is 2.39 bits per heavy atom. The van der Waals surface area contributed by atoms with Gasteiger partial charge >= 0.3 is 0 Å². The maximum atomic E-state index is 14.3. The highest BCUT2D eigenvalue weighted by Gasteiger charge is 2.22. The first-order valence-corrected chi connectivity index (χ1v) is 10.9. The minimum atomic E-state index is -3.82. The molecule has 0 saturated carbocycles. The summed E-state index contributed by atoms with van der Waals surface area (Å²) in [6.45, 7) is 5.39. The van der Waals surface area contributed by atoms with Crippen LogP contribution in [0.4, 0.5) is 4.39 Å². The van der Waals surface area contributed by atoms with Gasteiger partial charge in [0.25, 0.3) is 5.91 Å². The van der Waals surface area contributed by atoms with E-state index in [0.29, 0.717) is 6.42 Å². The normalized spacial score (nSPS) is 12.8. The topological polar surface area (TPSA) is 75.3 Å². The lowest BCUT2D eigenvalue weighted by Gasteiger charge is -2.19. The molecule has 2 N–H and O–H groups in total. The SMILES string of the molecule is CCCC(Cc1ccccc1)NC(=O)c1cc(S(=O)(=O)NC(C)C)ccc1F. The van der Waals surface area contributed by atoms with Crippen molar-refractivity contribution < 1.29 is 17.6 Å². The van der Waals surface area contributed by atoms with Crippen molar-refractivity contribution in [3.63, 3.8) is 0 Å². The van der Waals surface area contributed by atoms with Gasteiger partial charge in [-0.05, 0) is 50.5 Å². The van der Waals surface area contributed by atoms with Gasteiger partial charge in [0.2, 0.25) is 10.0 Å². The number of carbonyl (C=O) groups is 1. The van der Waals surface area contributed by atoms with Crippen molar-refractivity contribution in [2.45, 2.75) is 57.0 Å². The molecule has 2 aromatic rings. The largest absolute Gasteiger partial charge is 0.349 e. The van der Waals surface area contributed by atoms with Crippen LogP contribution in [0.3, 0.4) is 0 Å². The molecule has 0 aliphatic carbocycles. The summed E-state index contributed by atoms with van der Waals surface area (Å²) < 4.78 is 41.3. The summed E-state index contributed by atoms with van der Waals surface area (Å²) >= 11 is 0. The zero-order valence-corrected chi connectivity index (χ0v) is 17.2. The molecule has 1 atom stereocenters. The van der Waals surface area contributed by atoms with Crippen LogP contribution in [-0.2, 0) is 16.4 Å². The van der Waals surface area contributed by atoms with Crippen LogP contribution in [0.5, 0.6) is 0 Å².